The first kappa shape index (κ1) is 12.0. The van der Waals surface area contributed by atoms with E-state index in [-0.39, 0.29) is 5.60 Å². The summed E-state index contributed by atoms with van der Waals surface area (Å²) in [5, 5.41) is 11.0. The number of hydrogen-bond acceptors (Lipinski definition) is 1. The van der Waals surface area contributed by atoms with Gasteiger partial charge in [0.25, 0.3) is 0 Å². The van der Waals surface area contributed by atoms with Gasteiger partial charge in [0, 0.05) is 0 Å². The molecule has 0 radical (unpaired) electrons. The summed E-state index contributed by atoms with van der Waals surface area (Å²) in [4.78, 5) is 0. The van der Waals surface area contributed by atoms with Crippen LogP contribution in [0.2, 0.25) is 0 Å². The van der Waals surface area contributed by atoms with E-state index in [1.165, 1.54) is 38.5 Å². The molecule has 17 heavy (non-hydrogen) atoms. The van der Waals surface area contributed by atoms with Gasteiger partial charge in [-0.05, 0) is 54.8 Å². The Morgan fingerprint density at radius 3 is 2.12 bits per heavy atom. The molecule has 3 atom stereocenters. The van der Waals surface area contributed by atoms with Crippen molar-refractivity contribution in [3.63, 3.8) is 0 Å². The molecule has 3 aliphatic carbocycles. The van der Waals surface area contributed by atoms with Gasteiger partial charge >= 0.3 is 0 Å². The maximum atomic E-state index is 11.0. The van der Waals surface area contributed by atoms with Gasteiger partial charge in [0.15, 0.2) is 0 Å². The molecule has 3 rings (SSSR count). The molecule has 0 spiro atoms. The zero-order valence-corrected chi connectivity index (χ0v) is 11.8. The Morgan fingerprint density at radius 2 is 1.65 bits per heavy atom. The van der Waals surface area contributed by atoms with Crippen LogP contribution in [-0.4, -0.2) is 10.7 Å². The molecular weight excluding hydrogens is 208 g/mol. The summed E-state index contributed by atoms with van der Waals surface area (Å²) < 4.78 is 0. The zero-order valence-electron chi connectivity index (χ0n) is 11.8. The molecule has 1 nitrogen and oxygen atoms in total. The second kappa shape index (κ2) is 3.50. The molecule has 98 valence electrons. The molecule has 0 amide bonds. The third kappa shape index (κ3) is 1.69. The first-order valence-electron chi connectivity index (χ1n) is 7.58. The summed E-state index contributed by atoms with van der Waals surface area (Å²) in [6, 6.07) is 0. The lowest BCUT2D eigenvalue weighted by Gasteiger charge is -2.48. The third-order valence-electron chi connectivity index (χ3n) is 6.41. The highest BCUT2D eigenvalue weighted by atomic mass is 16.3. The minimum Gasteiger partial charge on any atom is -0.390 e. The Labute approximate surface area is 106 Å². The number of hydrogen-bond donors (Lipinski definition) is 1. The van der Waals surface area contributed by atoms with E-state index in [0.29, 0.717) is 16.7 Å². The molecule has 3 saturated carbocycles. The smallest absolute Gasteiger partial charge is 0.0681 e. The van der Waals surface area contributed by atoms with Gasteiger partial charge in [-0.25, -0.2) is 0 Å². The van der Waals surface area contributed by atoms with Crippen LogP contribution in [0.3, 0.4) is 0 Å². The summed E-state index contributed by atoms with van der Waals surface area (Å²) >= 11 is 0. The van der Waals surface area contributed by atoms with Crippen LogP contribution < -0.4 is 0 Å². The normalized spacial score (nSPS) is 47.3. The minimum absolute atomic E-state index is 0.307. The second-order valence-corrected chi connectivity index (χ2v) is 8.17. The van der Waals surface area contributed by atoms with Crippen molar-refractivity contribution in [1.82, 2.24) is 0 Å². The Morgan fingerprint density at radius 1 is 1.00 bits per heavy atom. The van der Waals surface area contributed by atoms with E-state index in [4.69, 9.17) is 0 Å². The van der Waals surface area contributed by atoms with Crippen LogP contribution in [-0.2, 0) is 0 Å². The molecule has 0 heterocycles. The van der Waals surface area contributed by atoms with E-state index in [1.807, 2.05) is 0 Å². The molecule has 0 saturated heterocycles. The van der Waals surface area contributed by atoms with Crippen molar-refractivity contribution in [3.05, 3.63) is 0 Å². The molecule has 0 aromatic rings. The molecule has 3 aliphatic rings. The topological polar surface area (TPSA) is 20.2 Å². The predicted molar refractivity (Wildman–Crippen MR) is 70.8 cm³/mol. The fourth-order valence-electron chi connectivity index (χ4n) is 5.71. The van der Waals surface area contributed by atoms with Gasteiger partial charge < -0.3 is 5.11 Å². The fraction of sp³-hybridized carbons (Fsp3) is 1.00. The first-order chi connectivity index (χ1) is 7.86. The lowest BCUT2D eigenvalue weighted by molar-refractivity contribution is -0.100. The molecular formula is C16H28O. The van der Waals surface area contributed by atoms with Crippen LogP contribution in [0.1, 0.15) is 72.1 Å². The molecule has 2 bridgehead atoms. The maximum absolute atomic E-state index is 11.0. The van der Waals surface area contributed by atoms with Crippen LogP contribution in [0.5, 0.6) is 0 Å². The van der Waals surface area contributed by atoms with E-state index >= 15 is 0 Å². The molecule has 0 aromatic carbocycles. The van der Waals surface area contributed by atoms with Crippen LogP contribution in [0, 0.1) is 22.7 Å². The van der Waals surface area contributed by atoms with E-state index < -0.39 is 0 Å². The molecule has 3 fully saturated rings. The van der Waals surface area contributed by atoms with Crippen molar-refractivity contribution in [3.8, 4) is 0 Å². The molecule has 0 aliphatic heterocycles. The monoisotopic (exact) mass is 236 g/mol. The van der Waals surface area contributed by atoms with Gasteiger partial charge in [-0.3, -0.25) is 0 Å². The van der Waals surface area contributed by atoms with E-state index in [2.05, 4.69) is 20.8 Å². The van der Waals surface area contributed by atoms with Crippen molar-refractivity contribution in [2.45, 2.75) is 77.7 Å². The van der Waals surface area contributed by atoms with E-state index in [9.17, 15) is 5.11 Å². The van der Waals surface area contributed by atoms with Gasteiger partial charge in [0.05, 0.1) is 5.60 Å². The number of fused-ring (bicyclic) bond motifs is 2. The number of aliphatic hydroxyl groups is 1. The van der Waals surface area contributed by atoms with Crippen molar-refractivity contribution in [1.29, 1.82) is 0 Å². The van der Waals surface area contributed by atoms with Crippen molar-refractivity contribution < 1.29 is 5.11 Å². The Hall–Kier alpha value is -0.0400. The molecule has 3 unspecified atom stereocenters. The quantitative estimate of drug-likeness (QED) is 0.725. The Kier molecular flexibility index (Phi) is 2.47. The lowest BCUT2D eigenvalue weighted by atomic mass is 9.59. The SMILES string of the molecule is CC1(C)CC2(C)CC1CC2C1(O)CCCCC1. The minimum atomic E-state index is -0.307. The first-order valence-corrected chi connectivity index (χ1v) is 7.58. The van der Waals surface area contributed by atoms with Crippen molar-refractivity contribution in [2.75, 3.05) is 0 Å². The van der Waals surface area contributed by atoms with Gasteiger partial charge in [0.2, 0.25) is 0 Å². The highest BCUT2D eigenvalue weighted by molar-refractivity contribution is 5.11. The van der Waals surface area contributed by atoms with Gasteiger partial charge in [-0.15, -0.1) is 0 Å². The maximum Gasteiger partial charge on any atom is 0.0681 e. The highest BCUT2D eigenvalue weighted by Crippen LogP contribution is 2.68. The predicted octanol–water partition coefficient (Wildman–Crippen LogP) is 4.14. The highest BCUT2D eigenvalue weighted by Gasteiger charge is 2.61. The largest absolute Gasteiger partial charge is 0.390 e. The van der Waals surface area contributed by atoms with Crippen molar-refractivity contribution in [2.24, 2.45) is 22.7 Å². The van der Waals surface area contributed by atoms with Crippen LogP contribution in [0.15, 0.2) is 0 Å². The fourth-order valence-corrected chi connectivity index (χ4v) is 5.71. The van der Waals surface area contributed by atoms with Crippen LogP contribution in [0.4, 0.5) is 0 Å². The summed E-state index contributed by atoms with van der Waals surface area (Å²) in [5.41, 5.74) is 0.648. The third-order valence-corrected chi connectivity index (χ3v) is 6.41. The van der Waals surface area contributed by atoms with Gasteiger partial charge in [0.1, 0.15) is 0 Å². The zero-order chi connectivity index (χ0) is 12.3. The van der Waals surface area contributed by atoms with Crippen LogP contribution in [0.25, 0.3) is 0 Å². The van der Waals surface area contributed by atoms with Gasteiger partial charge in [-0.2, -0.15) is 0 Å². The molecule has 0 aromatic heterocycles. The van der Waals surface area contributed by atoms with Gasteiger partial charge in [-0.1, -0.05) is 40.0 Å². The Bertz CT molecular complexity index is 313. The standard InChI is InChI=1S/C16H28O/c1-14(2)11-15(3)10-12(14)9-13(15)16(17)7-5-4-6-8-16/h12-13,17H,4-11H2,1-3H3. The average Bonchev–Trinajstić information content (AvgIpc) is 2.67. The molecule has 1 N–H and O–H groups in total. The van der Waals surface area contributed by atoms with Crippen LogP contribution >= 0.6 is 0 Å². The summed E-state index contributed by atoms with van der Waals surface area (Å²) in [7, 11) is 0. The average molecular weight is 236 g/mol. The second-order valence-electron chi connectivity index (χ2n) is 8.17. The molecule has 1 heteroatoms. The summed E-state index contributed by atoms with van der Waals surface area (Å²) in [6.45, 7) is 7.33. The summed E-state index contributed by atoms with van der Waals surface area (Å²) in [5.74, 6) is 1.46. The summed E-state index contributed by atoms with van der Waals surface area (Å²) in [6.07, 6.45) is 9.96. The Balaban J connectivity index is 1.83. The van der Waals surface area contributed by atoms with E-state index in [0.717, 1.165) is 18.8 Å². The number of rotatable bonds is 1. The van der Waals surface area contributed by atoms with E-state index in [1.54, 1.807) is 0 Å². The lowest BCUT2D eigenvalue weighted by Crippen LogP contribution is -2.47. The van der Waals surface area contributed by atoms with Crippen molar-refractivity contribution >= 4 is 0 Å².